The number of hydrogen-bond acceptors (Lipinski definition) is 4. The molecule has 2 rings (SSSR count). The molecule has 0 aliphatic carbocycles. The van der Waals surface area contributed by atoms with Crippen LogP contribution in [-0.2, 0) is 9.59 Å². The van der Waals surface area contributed by atoms with E-state index < -0.39 is 17.9 Å². The van der Waals surface area contributed by atoms with Crippen molar-refractivity contribution in [3.8, 4) is 5.75 Å². The van der Waals surface area contributed by atoms with Crippen molar-refractivity contribution in [3.05, 3.63) is 59.7 Å². The lowest BCUT2D eigenvalue weighted by Gasteiger charge is -2.17. The van der Waals surface area contributed by atoms with Gasteiger partial charge >= 0.3 is 11.9 Å². The molecule has 1 atom stereocenters. The number of hydrogen-bond donors (Lipinski definition) is 2. The van der Waals surface area contributed by atoms with Crippen LogP contribution < -0.4 is 10.1 Å². The SMILES string of the molecule is CC[C@@H](C(=O)Nc1ccc(OC(C)=O)cc1C(=O)O)c1ccccc1. The number of carbonyl (C=O) groups excluding carboxylic acids is 2. The van der Waals surface area contributed by atoms with Crippen molar-refractivity contribution in [2.24, 2.45) is 0 Å². The molecule has 0 heterocycles. The third kappa shape index (κ3) is 4.67. The first kappa shape index (κ1) is 18.2. The van der Waals surface area contributed by atoms with Gasteiger partial charge in [0.2, 0.25) is 5.91 Å². The number of carboxylic acids is 1. The lowest BCUT2D eigenvalue weighted by molar-refractivity contribution is -0.131. The highest BCUT2D eigenvalue weighted by molar-refractivity contribution is 6.03. The minimum absolute atomic E-state index is 0.109. The fourth-order valence-corrected chi connectivity index (χ4v) is 2.52. The fourth-order valence-electron chi connectivity index (χ4n) is 2.52. The molecule has 2 N–H and O–H groups in total. The van der Waals surface area contributed by atoms with E-state index in [4.69, 9.17) is 4.74 Å². The number of aromatic carboxylic acids is 1. The molecule has 0 radical (unpaired) electrons. The molecule has 25 heavy (non-hydrogen) atoms. The first-order valence-electron chi connectivity index (χ1n) is 7.84. The van der Waals surface area contributed by atoms with E-state index in [1.165, 1.54) is 25.1 Å². The predicted molar refractivity (Wildman–Crippen MR) is 92.8 cm³/mol. The number of nitrogens with one attached hydrogen (secondary N) is 1. The Kier molecular flexibility index (Phi) is 5.89. The molecule has 0 unspecified atom stereocenters. The number of ether oxygens (including phenoxy) is 1. The molecule has 2 aromatic rings. The molecule has 0 saturated carbocycles. The molecule has 6 heteroatoms. The van der Waals surface area contributed by atoms with Crippen molar-refractivity contribution in [1.29, 1.82) is 0 Å². The van der Waals surface area contributed by atoms with E-state index in [0.29, 0.717) is 6.42 Å². The Morgan fingerprint density at radius 1 is 1.12 bits per heavy atom. The standard InChI is InChI=1S/C19H19NO5/c1-3-15(13-7-5-4-6-8-13)18(22)20-17-10-9-14(25-12(2)21)11-16(17)19(23)24/h4-11,15H,3H2,1-2H3,(H,20,22)(H,23,24)/t15-/m1/s1. The zero-order chi connectivity index (χ0) is 18.4. The van der Waals surface area contributed by atoms with Gasteiger partial charge in [-0.3, -0.25) is 9.59 Å². The van der Waals surface area contributed by atoms with Gasteiger partial charge in [-0.2, -0.15) is 0 Å². The van der Waals surface area contributed by atoms with E-state index in [0.717, 1.165) is 5.56 Å². The zero-order valence-electron chi connectivity index (χ0n) is 14.0. The van der Waals surface area contributed by atoms with E-state index in [-0.39, 0.29) is 22.9 Å². The summed E-state index contributed by atoms with van der Waals surface area (Å²) >= 11 is 0. The highest BCUT2D eigenvalue weighted by Crippen LogP contribution is 2.26. The van der Waals surface area contributed by atoms with Gasteiger partial charge in [-0.15, -0.1) is 0 Å². The second-order valence-electron chi connectivity index (χ2n) is 5.47. The van der Waals surface area contributed by atoms with E-state index in [1.807, 2.05) is 37.3 Å². The van der Waals surface area contributed by atoms with Gasteiger partial charge < -0.3 is 15.2 Å². The maximum absolute atomic E-state index is 12.6. The monoisotopic (exact) mass is 341 g/mol. The van der Waals surface area contributed by atoms with Crippen LogP contribution in [0.1, 0.15) is 42.1 Å². The summed E-state index contributed by atoms with van der Waals surface area (Å²) in [4.78, 5) is 35.1. The fraction of sp³-hybridized carbons (Fsp3) is 0.211. The second kappa shape index (κ2) is 8.10. The van der Waals surface area contributed by atoms with Crippen molar-refractivity contribution in [2.75, 3.05) is 5.32 Å². The minimum atomic E-state index is -1.22. The average Bonchev–Trinajstić information content (AvgIpc) is 2.57. The van der Waals surface area contributed by atoms with Gasteiger partial charge in [0.1, 0.15) is 5.75 Å². The third-order valence-electron chi connectivity index (χ3n) is 3.67. The molecular formula is C19H19NO5. The first-order chi connectivity index (χ1) is 11.9. The number of esters is 1. The van der Waals surface area contributed by atoms with Gasteiger partial charge in [0.25, 0.3) is 0 Å². The van der Waals surface area contributed by atoms with Crippen molar-refractivity contribution >= 4 is 23.5 Å². The summed E-state index contributed by atoms with van der Waals surface area (Å²) in [6.45, 7) is 3.11. The summed E-state index contributed by atoms with van der Waals surface area (Å²) < 4.78 is 4.89. The van der Waals surface area contributed by atoms with Crippen LogP contribution in [0.3, 0.4) is 0 Å². The Balaban J connectivity index is 2.27. The maximum atomic E-state index is 12.6. The highest BCUT2D eigenvalue weighted by atomic mass is 16.5. The largest absolute Gasteiger partial charge is 0.478 e. The van der Waals surface area contributed by atoms with Crippen LogP contribution in [0.5, 0.6) is 5.75 Å². The molecule has 6 nitrogen and oxygen atoms in total. The number of anilines is 1. The molecule has 0 spiro atoms. The molecule has 0 aliphatic rings. The van der Waals surface area contributed by atoms with E-state index in [2.05, 4.69) is 5.32 Å². The molecule has 0 saturated heterocycles. The smallest absolute Gasteiger partial charge is 0.337 e. The molecule has 0 aliphatic heterocycles. The Labute approximate surface area is 145 Å². The molecule has 130 valence electrons. The molecule has 0 fully saturated rings. The lowest BCUT2D eigenvalue weighted by Crippen LogP contribution is -2.22. The molecule has 0 aromatic heterocycles. The number of benzene rings is 2. The average molecular weight is 341 g/mol. The van der Waals surface area contributed by atoms with Gasteiger partial charge in [-0.25, -0.2) is 4.79 Å². The highest BCUT2D eigenvalue weighted by Gasteiger charge is 2.21. The Morgan fingerprint density at radius 2 is 1.80 bits per heavy atom. The number of carbonyl (C=O) groups is 3. The van der Waals surface area contributed by atoms with Crippen LogP contribution in [0.25, 0.3) is 0 Å². The van der Waals surface area contributed by atoms with E-state index in [9.17, 15) is 19.5 Å². The Bertz CT molecular complexity index is 786. The summed E-state index contributed by atoms with van der Waals surface area (Å²) in [5.74, 6) is -2.36. The van der Waals surface area contributed by atoms with Gasteiger partial charge in [0.05, 0.1) is 17.2 Å². The normalized spacial score (nSPS) is 11.4. The quantitative estimate of drug-likeness (QED) is 0.620. The van der Waals surface area contributed by atoms with Crippen LogP contribution in [0.4, 0.5) is 5.69 Å². The van der Waals surface area contributed by atoms with Crippen molar-refractivity contribution < 1.29 is 24.2 Å². The summed E-state index contributed by atoms with van der Waals surface area (Å²) in [5.41, 5.74) is 0.869. The van der Waals surface area contributed by atoms with Crippen LogP contribution in [0.15, 0.2) is 48.5 Å². The second-order valence-corrected chi connectivity index (χ2v) is 5.47. The first-order valence-corrected chi connectivity index (χ1v) is 7.84. The van der Waals surface area contributed by atoms with Crippen molar-refractivity contribution in [2.45, 2.75) is 26.2 Å². The van der Waals surface area contributed by atoms with Crippen molar-refractivity contribution in [1.82, 2.24) is 0 Å². The van der Waals surface area contributed by atoms with Gasteiger partial charge in [-0.05, 0) is 30.2 Å². The van der Waals surface area contributed by atoms with E-state index in [1.54, 1.807) is 0 Å². The van der Waals surface area contributed by atoms with Gasteiger partial charge in [0.15, 0.2) is 0 Å². The molecule has 1 amide bonds. The molecule has 2 aromatic carbocycles. The lowest BCUT2D eigenvalue weighted by atomic mass is 9.95. The van der Waals surface area contributed by atoms with Crippen molar-refractivity contribution in [3.63, 3.8) is 0 Å². The summed E-state index contributed by atoms with van der Waals surface area (Å²) in [7, 11) is 0. The molecule has 0 bridgehead atoms. The summed E-state index contributed by atoms with van der Waals surface area (Å²) in [5, 5.41) is 12.0. The van der Waals surface area contributed by atoms with Gasteiger partial charge in [-0.1, -0.05) is 37.3 Å². The Morgan fingerprint density at radius 3 is 2.36 bits per heavy atom. The van der Waals surface area contributed by atoms with Crippen LogP contribution >= 0.6 is 0 Å². The Hall–Kier alpha value is -3.15. The van der Waals surface area contributed by atoms with Gasteiger partial charge in [0, 0.05) is 6.92 Å². The minimum Gasteiger partial charge on any atom is -0.478 e. The van der Waals surface area contributed by atoms with Crippen LogP contribution in [0, 0.1) is 0 Å². The number of carboxylic acid groups (broad SMARTS) is 1. The maximum Gasteiger partial charge on any atom is 0.337 e. The third-order valence-corrected chi connectivity index (χ3v) is 3.67. The summed E-state index contributed by atoms with van der Waals surface area (Å²) in [6.07, 6.45) is 0.573. The topological polar surface area (TPSA) is 92.7 Å². The summed E-state index contributed by atoms with van der Waals surface area (Å²) in [6, 6.07) is 13.3. The van der Waals surface area contributed by atoms with Crippen LogP contribution in [-0.4, -0.2) is 23.0 Å². The zero-order valence-corrected chi connectivity index (χ0v) is 14.0. The number of amides is 1. The van der Waals surface area contributed by atoms with E-state index >= 15 is 0 Å². The predicted octanol–water partition coefficient (Wildman–Crippen LogP) is 3.44. The molecular weight excluding hydrogens is 322 g/mol. The van der Waals surface area contributed by atoms with Crippen LogP contribution in [0.2, 0.25) is 0 Å². The number of rotatable bonds is 6.